The van der Waals surface area contributed by atoms with Crippen LogP contribution in [0.15, 0.2) is 0 Å². The van der Waals surface area contributed by atoms with Gasteiger partial charge in [-0.3, -0.25) is 0 Å². The van der Waals surface area contributed by atoms with Crippen molar-refractivity contribution < 1.29 is 4.74 Å². The molecule has 1 aliphatic carbocycles. The van der Waals surface area contributed by atoms with Crippen LogP contribution in [0.3, 0.4) is 0 Å². The third kappa shape index (κ3) is 0.741. The largest absolute Gasteiger partial charge is 0.350 e. The van der Waals surface area contributed by atoms with Gasteiger partial charge in [0.05, 0.1) is 6.07 Å². The molecule has 0 aromatic rings. The summed E-state index contributed by atoms with van der Waals surface area (Å²) in [6.45, 7) is 0. The van der Waals surface area contributed by atoms with Crippen molar-refractivity contribution >= 4 is 0 Å². The average Bonchev–Trinajstić information content (AvgIpc) is 2.65. The van der Waals surface area contributed by atoms with Crippen LogP contribution in [0.5, 0.6) is 0 Å². The van der Waals surface area contributed by atoms with E-state index in [9.17, 15) is 0 Å². The molecule has 10 heavy (non-hydrogen) atoms. The molecular weight excluding hydrogens is 126 g/mol. The monoisotopic (exact) mass is 137 g/mol. The van der Waals surface area contributed by atoms with Crippen LogP contribution in [0, 0.1) is 11.3 Å². The van der Waals surface area contributed by atoms with E-state index in [1.165, 1.54) is 19.3 Å². The van der Waals surface area contributed by atoms with Gasteiger partial charge in [-0.05, 0) is 12.8 Å². The van der Waals surface area contributed by atoms with Crippen molar-refractivity contribution in [3.05, 3.63) is 0 Å². The van der Waals surface area contributed by atoms with E-state index >= 15 is 0 Å². The normalized spacial score (nSPS) is 35.3. The molecular formula is C8H11NO. The van der Waals surface area contributed by atoms with E-state index in [1.807, 2.05) is 0 Å². The first kappa shape index (κ1) is 6.18. The number of nitrogens with zero attached hydrogens (tertiary/aromatic N) is 1. The summed E-state index contributed by atoms with van der Waals surface area (Å²) in [4.78, 5) is 0. The lowest BCUT2D eigenvalue weighted by Crippen LogP contribution is -2.18. The minimum absolute atomic E-state index is 0.0347. The molecule has 0 bridgehead atoms. The Morgan fingerprint density at radius 2 is 2.00 bits per heavy atom. The quantitative estimate of drug-likeness (QED) is 0.475. The van der Waals surface area contributed by atoms with Crippen LogP contribution in [0.25, 0.3) is 0 Å². The van der Waals surface area contributed by atoms with Gasteiger partial charge in [-0.1, -0.05) is 19.3 Å². The van der Waals surface area contributed by atoms with Crippen LogP contribution in [-0.2, 0) is 4.74 Å². The Kier molecular flexibility index (Phi) is 1.21. The van der Waals surface area contributed by atoms with Crippen molar-refractivity contribution in [3.63, 3.8) is 0 Å². The zero-order valence-corrected chi connectivity index (χ0v) is 5.97. The summed E-state index contributed by atoms with van der Waals surface area (Å²) >= 11 is 0. The van der Waals surface area contributed by atoms with E-state index in [0.29, 0.717) is 0 Å². The number of nitriles is 1. The topological polar surface area (TPSA) is 36.3 Å². The molecule has 0 radical (unpaired) electrons. The van der Waals surface area contributed by atoms with E-state index in [1.54, 1.807) is 0 Å². The zero-order valence-electron chi connectivity index (χ0n) is 5.97. The minimum atomic E-state index is -0.0622. The third-order valence-electron chi connectivity index (χ3n) is 2.59. The van der Waals surface area contributed by atoms with Crippen LogP contribution in [0.4, 0.5) is 0 Å². The van der Waals surface area contributed by atoms with Gasteiger partial charge in [0.15, 0.2) is 6.10 Å². The number of rotatable bonds is 0. The molecule has 2 nitrogen and oxygen atoms in total. The predicted molar refractivity (Wildman–Crippen MR) is 36.3 cm³/mol. The third-order valence-corrected chi connectivity index (χ3v) is 2.59. The van der Waals surface area contributed by atoms with E-state index in [-0.39, 0.29) is 11.7 Å². The summed E-state index contributed by atoms with van der Waals surface area (Å²) in [5.74, 6) is 0. The second-order valence-corrected chi connectivity index (χ2v) is 3.25. The van der Waals surface area contributed by atoms with Gasteiger partial charge in [-0.15, -0.1) is 0 Å². The van der Waals surface area contributed by atoms with Crippen molar-refractivity contribution in [1.29, 1.82) is 5.26 Å². The number of ether oxygens (including phenoxy) is 1. The zero-order chi connectivity index (χ0) is 7.03. The summed E-state index contributed by atoms with van der Waals surface area (Å²) in [5, 5.41) is 8.55. The Balaban J connectivity index is 1.99. The van der Waals surface area contributed by atoms with Gasteiger partial charge < -0.3 is 4.74 Å². The average molecular weight is 137 g/mol. The molecule has 0 aromatic carbocycles. The van der Waals surface area contributed by atoms with Crippen molar-refractivity contribution in [3.8, 4) is 6.07 Å². The molecule has 1 unspecified atom stereocenters. The summed E-state index contributed by atoms with van der Waals surface area (Å²) in [5.41, 5.74) is 0.0347. The first-order valence-electron chi connectivity index (χ1n) is 3.95. The van der Waals surface area contributed by atoms with Gasteiger partial charge in [0.1, 0.15) is 5.60 Å². The van der Waals surface area contributed by atoms with E-state index in [4.69, 9.17) is 10.00 Å². The second-order valence-electron chi connectivity index (χ2n) is 3.25. The summed E-state index contributed by atoms with van der Waals surface area (Å²) in [6.07, 6.45) is 5.99. The highest BCUT2D eigenvalue weighted by atomic mass is 16.6. The van der Waals surface area contributed by atoms with Gasteiger partial charge in [-0.25, -0.2) is 0 Å². The molecule has 54 valence electrons. The van der Waals surface area contributed by atoms with Gasteiger partial charge in [-0.2, -0.15) is 5.26 Å². The molecule has 1 saturated carbocycles. The van der Waals surface area contributed by atoms with Crippen LogP contribution >= 0.6 is 0 Å². The molecule has 2 fully saturated rings. The Hall–Kier alpha value is -0.550. The lowest BCUT2D eigenvalue weighted by Gasteiger charge is -2.16. The highest BCUT2D eigenvalue weighted by molar-refractivity contribution is 5.14. The van der Waals surface area contributed by atoms with Gasteiger partial charge in [0.2, 0.25) is 0 Å². The maximum absolute atomic E-state index is 8.55. The molecule has 0 N–H and O–H groups in total. The fourth-order valence-electron chi connectivity index (χ4n) is 1.87. The Labute approximate surface area is 60.8 Å². The lowest BCUT2D eigenvalue weighted by molar-refractivity contribution is 0.235. The summed E-state index contributed by atoms with van der Waals surface area (Å²) < 4.78 is 5.33. The molecule has 2 heteroatoms. The molecule has 0 aromatic heterocycles. The fourth-order valence-corrected chi connectivity index (χ4v) is 1.87. The molecule has 2 aliphatic rings. The maximum atomic E-state index is 8.55. The molecule has 1 saturated heterocycles. The molecule has 1 spiro atoms. The molecule has 2 rings (SSSR count). The van der Waals surface area contributed by atoms with E-state index < -0.39 is 0 Å². The number of epoxide rings is 1. The highest BCUT2D eigenvalue weighted by Crippen LogP contribution is 2.47. The van der Waals surface area contributed by atoms with Crippen molar-refractivity contribution in [1.82, 2.24) is 0 Å². The molecule has 1 aliphatic heterocycles. The Morgan fingerprint density at radius 3 is 2.50 bits per heavy atom. The van der Waals surface area contributed by atoms with Gasteiger partial charge in [0, 0.05) is 0 Å². The predicted octanol–water partition coefficient (Wildman–Crippen LogP) is 1.61. The number of hydrogen-bond acceptors (Lipinski definition) is 2. The van der Waals surface area contributed by atoms with E-state index in [0.717, 1.165) is 12.8 Å². The van der Waals surface area contributed by atoms with Crippen molar-refractivity contribution in [2.75, 3.05) is 0 Å². The van der Waals surface area contributed by atoms with E-state index in [2.05, 4.69) is 6.07 Å². The Bertz CT molecular complexity index is 176. The second kappa shape index (κ2) is 1.96. The maximum Gasteiger partial charge on any atom is 0.173 e. The van der Waals surface area contributed by atoms with Crippen molar-refractivity contribution in [2.45, 2.75) is 43.8 Å². The van der Waals surface area contributed by atoms with Crippen molar-refractivity contribution in [2.24, 2.45) is 0 Å². The summed E-state index contributed by atoms with van der Waals surface area (Å²) in [7, 11) is 0. The molecule has 1 atom stereocenters. The van der Waals surface area contributed by atoms with Crippen LogP contribution in [-0.4, -0.2) is 11.7 Å². The highest BCUT2D eigenvalue weighted by Gasteiger charge is 2.56. The smallest absolute Gasteiger partial charge is 0.173 e. The number of hydrogen-bond donors (Lipinski definition) is 0. The van der Waals surface area contributed by atoms with Gasteiger partial charge in [0.25, 0.3) is 0 Å². The van der Waals surface area contributed by atoms with Crippen LogP contribution in [0.2, 0.25) is 0 Å². The van der Waals surface area contributed by atoms with Gasteiger partial charge >= 0.3 is 0 Å². The van der Waals surface area contributed by atoms with Crippen LogP contribution < -0.4 is 0 Å². The summed E-state index contributed by atoms with van der Waals surface area (Å²) in [6, 6.07) is 2.18. The lowest BCUT2D eigenvalue weighted by atomic mass is 9.87. The van der Waals surface area contributed by atoms with Crippen LogP contribution in [0.1, 0.15) is 32.1 Å². The first-order chi connectivity index (χ1) is 4.87. The molecule has 1 heterocycles. The Morgan fingerprint density at radius 1 is 1.30 bits per heavy atom. The fraction of sp³-hybridized carbons (Fsp3) is 0.875. The minimum Gasteiger partial charge on any atom is -0.350 e. The standard InChI is InChI=1S/C8H11NO/c9-6-7-8(10-7)4-2-1-3-5-8/h7H,1-5H2. The molecule has 0 amide bonds. The first-order valence-corrected chi connectivity index (χ1v) is 3.95. The SMILES string of the molecule is N#CC1OC12CCCCC2.